The van der Waals surface area contributed by atoms with Gasteiger partial charge in [0.15, 0.2) is 5.13 Å². The molecule has 1 aliphatic heterocycles. The molecule has 1 atom stereocenters. The maximum atomic E-state index is 4.79. The van der Waals surface area contributed by atoms with E-state index in [1.807, 2.05) is 11.3 Å². The summed E-state index contributed by atoms with van der Waals surface area (Å²) in [6.45, 7) is 14.4. The van der Waals surface area contributed by atoms with Crippen LogP contribution in [0.5, 0.6) is 0 Å². The summed E-state index contributed by atoms with van der Waals surface area (Å²) in [6, 6.07) is 0. The van der Waals surface area contributed by atoms with E-state index in [1.54, 1.807) is 0 Å². The van der Waals surface area contributed by atoms with Gasteiger partial charge in [0.2, 0.25) is 0 Å². The van der Waals surface area contributed by atoms with Gasteiger partial charge in [0.25, 0.3) is 0 Å². The van der Waals surface area contributed by atoms with Gasteiger partial charge >= 0.3 is 0 Å². The summed E-state index contributed by atoms with van der Waals surface area (Å²) >= 11 is 1.87. The van der Waals surface area contributed by atoms with Gasteiger partial charge in [-0.15, -0.1) is 11.3 Å². The van der Waals surface area contributed by atoms with Gasteiger partial charge in [0.1, 0.15) is 0 Å². The third kappa shape index (κ3) is 4.19. The molecule has 2 heterocycles. The van der Waals surface area contributed by atoms with Crippen molar-refractivity contribution in [2.75, 3.05) is 18.0 Å². The van der Waals surface area contributed by atoms with E-state index >= 15 is 0 Å². The minimum absolute atomic E-state index is 0.163. The Labute approximate surface area is 127 Å². The van der Waals surface area contributed by atoms with E-state index in [0.29, 0.717) is 0 Å². The smallest absolute Gasteiger partial charge is 0.185 e. The van der Waals surface area contributed by atoms with Crippen molar-refractivity contribution in [1.29, 1.82) is 0 Å². The summed E-state index contributed by atoms with van der Waals surface area (Å²) in [7, 11) is 0. The van der Waals surface area contributed by atoms with Crippen LogP contribution in [-0.4, -0.2) is 23.6 Å². The van der Waals surface area contributed by atoms with Gasteiger partial charge in [0.05, 0.1) is 5.69 Å². The van der Waals surface area contributed by atoms with Gasteiger partial charge in [-0.05, 0) is 46.5 Å². The van der Waals surface area contributed by atoms with Gasteiger partial charge < -0.3 is 10.2 Å². The van der Waals surface area contributed by atoms with Crippen molar-refractivity contribution >= 4 is 16.5 Å². The zero-order chi connectivity index (χ0) is 14.8. The molecule has 0 spiro atoms. The number of hydrogen-bond acceptors (Lipinski definition) is 4. The first-order valence-electron chi connectivity index (χ1n) is 7.85. The first kappa shape index (κ1) is 15.8. The second-order valence-electron chi connectivity index (χ2n) is 7.00. The van der Waals surface area contributed by atoms with E-state index in [2.05, 4.69) is 44.8 Å². The maximum absolute atomic E-state index is 4.79. The number of aromatic nitrogens is 1. The molecule has 3 nitrogen and oxygen atoms in total. The summed E-state index contributed by atoms with van der Waals surface area (Å²) in [5.41, 5.74) is 1.36. The Kier molecular flexibility index (Phi) is 5.08. The highest BCUT2D eigenvalue weighted by atomic mass is 32.1. The summed E-state index contributed by atoms with van der Waals surface area (Å²) in [5, 5.41) is 4.79. The molecule has 1 unspecified atom stereocenters. The fraction of sp³-hybridized carbons (Fsp3) is 0.812. The summed E-state index contributed by atoms with van der Waals surface area (Å²) in [5.74, 6) is 0.875. The number of hydrogen-bond donors (Lipinski definition) is 1. The minimum Gasteiger partial charge on any atom is -0.348 e. The van der Waals surface area contributed by atoms with Crippen LogP contribution in [0.1, 0.15) is 57.5 Å². The molecule has 4 heteroatoms. The lowest BCUT2D eigenvalue weighted by atomic mass is 10.0. The van der Waals surface area contributed by atoms with Crippen molar-refractivity contribution in [1.82, 2.24) is 10.3 Å². The fourth-order valence-corrected chi connectivity index (χ4v) is 3.74. The van der Waals surface area contributed by atoms with E-state index in [0.717, 1.165) is 12.5 Å². The third-order valence-corrected chi connectivity index (χ3v) is 5.13. The molecule has 0 aliphatic carbocycles. The fourth-order valence-electron chi connectivity index (χ4n) is 2.71. The molecule has 1 aliphatic rings. The van der Waals surface area contributed by atoms with Crippen LogP contribution in [0.4, 0.5) is 5.13 Å². The van der Waals surface area contributed by atoms with E-state index in [4.69, 9.17) is 4.98 Å². The lowest BCUT2D eigenvalue weighted by Gasteiger charge is -2.20. The van der Waals surface area contributed by atoms with Gasteiger partial charge in [-0.1, -0.05) is 13.3 Å². The second kappa shape index (κ2) is 6.44. The Bertz CT molecular complexity index is 433. The molecule has 0 saturated carbocycles. The zero-order valence-corrected chi connectivity index (χ0v) is 14.4. The van der Waals surface area contributed by atoms with Crippen LogP contribution >= 0.6 is 11.3 Å². The van der Waals surface area contributed by atoms with Crippen LogP contribution in [0.15, 0.2) is 0 Å². The SMILES string of the molecule is CCCC1CCN(c2nc(C)c(CNC(C)(C)C)s2)C1. The molecule has 20 heavy (non-hydrogen) atoms. The molecule has 0 bridgehead atoms. The van der Waals surface area contributed by atoms with Crippen LogP contribution in [0.2, 0.25) is 0 Å². The molecule has 2 rings (SSSR count). The standard InChI is InChI=1S/C16H29N3S/c1-6-7-13-8-9-19(11-13)15-18-12(2)14(20-15)10-17-16(3,4)5/h13,17H,6-11H2,1-5H3. The Morgan fingerprint density at radius 1 is 1.40 bits per heavy atom. The number of anilines is 1. The summed E-state index contributed by atoms with van der Waals surface area (Å²) in [4.78, 5) is 8.66. The van der Waals surface area contributed by atoms with E-state index in [-0.39, 0.29) is 5.54 Å². The van der Waals surface area contributed by atoms with Crippen molar-refractivity contribution in [3.8, 4) is 0 Å². The van der Waals surface area contributed by atoms with Crippen LogP contribution < -0.4 is 10.2 Å². The molecule has 0 radical (unpaired) electrons. The summed E-state index contributed by atoms with van der Waals surface area (Å²) in [6.07, 6.45) is 4.00. The first-order valence-corrected chi connectivity index (χ1v) is 8.67. The molecule has 1 aromatic rings. The number of thiazole rings is 1. The molecule has 0 aromatic carbocycles. The number of aryl methyl sites for hydroxylation is 1. The highest BCUT2D eigenvalue weighted by Crippen LogP contribution is 2.31. The Morgan fingerprint density at radius 3 is 2.80 bits per heavy atom. The van der Waals surface area contributed by atoms with Gasteiger partial charge in [-0.3, -0.25) is 0 Å². The van der Waals surface area contributed by atoms with Crippen molar-refractivity contribution < 1.29 is 0 Å². The van der Waals surface area contributed by atoms with E-state index < -0.39 is 0 Å². The first-order chi connectivity index (χ1) is 9.39. The number of rotatable bonds is 5. The molecule has 1 fully saturated rings. The number of nitrogens with one attached hydrogen (secondary N) is 1. The average molecular weight is 295 g/mol. The predicted octanol–water partition coefficient (Wildman–Crippen LogP) is 3.97. The van der Waals surface area contributed by atoms with E-state index in [9.17, 15) is 0 Å². The van der Waals surface area contributed by atoms with Crippen LogP contribution in [0.25, 0.3) is 0 Å². The highest BCUT2D eigenvalue weighted by Gasteiger charge is 2.24. The molecular formula is C16H29N3S. The van der Waals surface area contributed by atoms with Crippen molar-refractivity contribution in [2.24, 2.45) is 5.92 Å². The molecule has 0 amide bonds. The molecule has 114 valence electrons. The van der Waals surface area contributed by atoms with Crippen LogP contribution in [0, 0.1) is 12.8 Å². The lowest BCUT2D eigenvalue weighted by molar-refractivity contribution is 0.425. The Morgan fingerprint density at radius 2 is 2.15 bits per heavy atom. The third-order valence-electron chi connectivity index (χ3n) is 3.91. The quantitative estimate of drug-likeness (QED) is 0.891. The van der Waals surface area contributed by atoms with Gasteiger partial charge in [-0.25, -0.2) is 4.98 Å². The van der Waals surface area contributed by atoms with Crippen LogP contribution in [0.3, 0.4) is 0 Å². The maximum Gasteiger partial charge on any atom is 0.185 e. The second-order valence-corrected chi connectivity index (χ2v) is 8.06. The molecule has 1 N–H and O–H groups in total. The average Bonchev–Trinajstić information content (AvgIpc) is 2.93. The largest absolute Gasteiger partial charge is 0.348 e. The Hall–Kier alpha value is -0.610. The molecule has 1 aromatic heterocycles. The van der Waals surface area contributed by atoms with Crippen molar-refractivity contribution in [2.45, 2.75) is 66.0 Å². The topological polar surface area (TPSA) is 28.2 Å². The van der Waals surface area contributed by atoms with Gasteiger partial charge in [-0.2, -0.15) is 0 Å². The minimum atomic E-state index is 0.163. The predicted molar refractivity (Wildman–Crippen MR) is 88.7 cm³/mol. The van der Waals surface area contributed by atoms with E-state index in [1.165, 1.54) is 48.1 Å². The van der Waals surface area contributed by atoms with Crippen LogP contribution in [-0.2, 0) is 6.54 Å². The highest BCUT2D eigenvalue weighted by molar-refractivity contribution is 7.15. The van der Waals surface area contributed by atoms with Crippen molar-refractivity contribution in [3.05, 3.63) is 10.6 Å². The monoisotopic (exact) mass is 295 g/mol. The molecular weight excluding hydrogens is 266 g/mol. The summed E-state index contributed by atoms with van der Waals surface area (Å²) < 4.78 is 0. The zero-order valence-electron chi connectivity index (χ0n) is 13.6. The lowest BCUT2D eigenvalue weighted by Crippen LogP contribution is -2.34. The molecule has 1 saturated heterocycles. The van der Waals surface area contributed by atoms with Crippen molar-refractivity contribution in [3.63, 3.8) is 0 Å². The number of nitrogens with zero attached hydrogens (tertiary/aromatic N) is 2. The Balaban J connectivity index is 1.97. The normalized spacial score (nSPS) is 19.9. The van der Waals surface area contributed by atoms with Gasteiger partial charge in [0, 0.05) is 30.1 Å².